The van der Waals surface area contributed by atoms with E-state index in [-0.39, 0.29) is 0 Å². The van der Waals surface area contributed by atoms with E-state index in [2.05, 4.69) is 11.3 Å². The number of rotatable bonds is 3. The quantitative estimate of drug-likeness (QED) is 0.587. The molecule has 0 saturated carbocycles. The molecule has 1 rings (SSSR count). The molecular weight excluding hydrogens is 180 g/mol. The second-order valence-electron chi connectivity index (χ2n) is 2.83. The number of aliphatic hydroxyl groups is 1. The molecule has 1 aromatic rings. The molecule has 0 amide bonds. The zero-order chi connectivity index (χ0) is 10.6. The predicted molar refractivity (Wildman–Crippen MR) is 53.6 cm³/mol. The summed E-state index contributed by atoms with van der Waals surface area (Å²) in [5, 5.41) is 8.83. The summed E-state index contributed by atoms with van der Waals surface area (Å²) in [6.07, 6.45) is 0.602. The van der Waals surface area contributed by atoms with Crippen LogP contribution in [0.4, 0.5) is 0 Å². The fourth-order valence-corrected chi connectivity index (χ4v) is 0.978. The highest BCUT2D eigenvalue weighted by Gasteiger charge is 2.08. The normalized spacial score (nSPS) is 11.9. The van der Waals surface area contributed by atoms with Gasteiger partial charge in [0.1, 0.15) is 0 Å². The Balaban J connectivity index is 2.76. The number of benzene rings is 1. The largest absolute Gasteiger partial charge is 0.433 e. The van der Waals surface area contributed by atoms with E-state index in [1.165, 1.54) is 6.92 Å². The number of hydrogen-bond donors (Lipinski definition) is 1. The molecule has 0 aliphatic carbocycles. The SMILES string of the molecule is C=Cc1ccc(C(=O)OC(C)O)cc1. The van der Waals surface area contributed by atoms with Gasteiger partial charge in [-0.1, -0.05) is 24.8 Å². The second kappa shape index (κ2) is 4.58. The molecule has 0 aliphatic heterocycles. The summed E-state index contributed by atoms with van der Waals surface area (Å²) in [6, 6.07) is 6.76. The van der Waals surface area contributed by atoms with Gasteiger partial charge >= 0.3 is 5.97 Å². The average molecular weight is 192 g/mol. The third-order valence-electron chi connectivity index (χ3n) is 1.66. The highest BCUT2D eigenvalue weighted by molar-refractivity contribution is 5.89. The van der Waals surface area contributed by atoms with Gasteiger partial charge < -0.3 is 9.84 Å². The third kappa shape index (κ3) is 2.71. The van der Waals surface area contributed by atoms with Crippen LogP contribution in [0.3, 0.4) is 0 Å². The highest BCUT2D eigenvalue weighted by atomic mass is 16.6. The predicted octanol–water partition coefficient (Wildman–Crippen LogP) is 1.82. The molecule has 0 aromatic heterocycles. The first kappa shape index (κ1) is 10.5. The molecule has 0 heterocycles. The van der Waals surface area contributed by atoms with Crippen molar-refractivity contribution in [1.82, 2.24) is 0 Å². The molecule has 3 nitrogen and oxygen atoms in total. The van der Waals surface area contributed by atoms with Crippen LogP contribution in [-0.4, -0.2) is 17.4 Å². The minimum Gasteiger partial charge on any atom is -0.433 e. The topological polar surface area (TPSA) is 46.5 Å². The van der Waals surface area contributed by atoms with E-state index >= 15 is 0 Å². The van der Waals surface area contributed by atoms with Crippen LogP contribution in [0, 0.1) is 0 Å². The van der Waals surface area contributed by atoms with Crippen molar-refractivity contribution < 1.29 is 14.6 Å². The van der Waals surface area contributed by atoms with Crippen LogP contribution >= 0.6 is 0 Å². The Hall–Kier alpha value is -1.61. The Morgan fingerprint density at radius 1 is 1.50 bits per heavy atom. The summed E-state index contributed by atoms with van der Waals surface area (Å²) in [4.78, 5) is 11.2. The molecular formula is C11H12O3. The molecule has 1 unspecified atom stereocenters. The van der Waals surface area contributed by atoms with Gasteiger partial charge in [-0.2, -0.15) is 0 Å². The van der Waals surface area contributed by atoms with Gasteiger partial charge in [0.15, 0.2) is 6.29 Å². The first-order chi connectivity index (χ1) is 6.63. The van der Waals surface area contributed by atoms with E-state index in [0.29, 0.717) is 5.56 Å². The van der Waals surface area contributed by atoms with Crippen LogP contribution in [0.2, 0.25) is 0 Å². The van der Waals surface area contributed by atoms with Crippen LogP contribution in [0.5, 0.6) is 0 Å². The van der Waals surface area contributed by atoms with Gasteiger partial charge in [0, 0.05) is 0 Å². The molecule has 3 heteroatoms. The minimum absolute atomic E-state index is 0.413. The van der Waals surface area contributed by atoms with Gasteiger partial charge in [-0.05, 0) is 24.6 Å². The zero-order valence-corrected chi connectivity index (χ0v) is 7.93. The van der Waals surface area contributed by atoms with Gasteiger partial charge in [0.05, 0.1) is 5.56 Å². The highest BCUT2D eigenvalue weighted by Crippen LogP contribution is 2.07. The summed E-state index contributed by atoms with van der Waals surface area (Å²) in [5.41, 5.74) is 1.34. The Morgan fingerprint density at radius 2 is 2.07 bits per heavy atom. The van der Waals surface area contributed by atoms with Crippen molar-refractivity contribution in [3.63, 3.8) is 0 Å². The lowest BCUT2D eigenvalue weighted by molar-refractivity contribution is -0.0523. The number of ether oxygens (including phenoxy) is 1. The van der Waals surface area contributed by atoms with Crippen LogP contribution in [0.15, 0.2) is 30.8 Å². The maximum absolute atomic E-state index is 11.2. The summed E-state index contributed by atoms with van der Waals surface area (Å²) in [6.45, 7) is 4.98. The number of esters is 1. The molecule has 1 N–H and O–H groups in total. The first-order valence-corrected chi connectivity index (χ1v) is 4.25. The van der Waals surface area contributed by atoms with Gasteiger partial charge in [-0.15, -0.1) is 0 Å². The maximum Gasteiger partial charge on any atom is 0.340 e. The molecule has 0 aliphatic rings. The monoisotopic (exact) mass is 192 g/mol. The van der Waals surface area contributed by atoms with Crippen molar-refractivity contribution in [1.29, 1.82) is 0 Å². The Labute approximate surface area is 82.6 Å². The number of carbonyl (C=O) groups is 1. The maximum atomic E-state index is 11.2. The van der Waals surface area contributed by atoms with Gasteiger partial charge in [0.25, 0.3) is 0 Å². The second-order valence-corrected chi connectivity index (χ2v) is 2.83. The van der Waals surface area contributed by atoms with E-state index in [1.807, 2.05) is 0 Å². The Kier molecular flexibility index (Phi) is 3.42. The summed E-state index contributed by atoms with van der Waals surface area (Å²) < 4.78 is 4.60. The smallest absolute Gasteiger partial charge is 0.340 e. The van der Waals surface area contributed by atoms with Gasteiger partial charge in [-0.25, -0.2) is 4.79 Å². The van der Waals surface area contributed by atoms with E-state index in [1.54, 1.807) is 30.3 Å². The number of carbonyl (C=O) groups excluding carboxylic acids is 1. The first-order valence-electron chi connectivity index (χ1n) is 4.25. The van der Waals surface area contributed by atoms with E-state index in [0.717, 1.165) is 5.56 Å². The molecule has 0 bridgehead atoms. The lowest BCUT2D eigenvalue weighted by Crippen LogP contribution is -2.13. The van der Waals surface area contributed by atoms with Gasteiger partial charge in [-0.3, -0.25) is 0 Å². The van der Waals surface area contributed by atoms with Crippen molar-refractivity contribution in [2.45, 2.75) is 13.2 Å². The van der Waals surface area contributed by atoms with Crippen LogP contribution in [-0.2, 0) is 4.74 Å². The fraction of sp³-hybridized carbons (Fsp3) is 0.182. The summed E-state index contributed by atoms with van der Waals surface area (Å²) in [7, 11) is 0. The Bertz CT molecular complexity index is 325. The molecule has 0 saturated heterocycles. The van der Waals surface area contributed by atoms with Crippen LogP contribution < -0.4 is 0 Å². The number of hydrogen-bond acceptors (Lipinski definition) is 3. The molecule has 14 heavy (non-hydrogen) atoms. The van der Waals surface area contributed by atoms with Crippen molar-refractivity contribution in [3.8, 4) is 0 Å². The van der Waals surface area contributed by atoms with Crippen molar-refractivity contribution >= 4 is 12.0 Å². The van der Waals surface area contributed by atoms with Crippen molar-refractivity contribution in [2.75, 3.05) is 0 Å². The standard InChI is InChI=1S/C11H12O3/c1-3-9-4-6-10(7-5-9)11(13)14-8(2)12/h3-8,12H,1H2,2H3. The van der Waals surface area contributed by atoms with Crippen LogP contribution in [0.1, 0.15) is 22.8 Å². The summed E-state index contributed by atoms with van der Waals surface area (Å²) >= 11 is 0. The molecule has 0 radical (unpaired) electrons. The van der Waals surface area contributed by atoms with Crippen LogP contribution in [0.25, 0.3) is 6.08 Å². The average Bonchev–Trinajstić information content (AvgIpc) is 2.17. The summed E-state index contributed by atoms with van der Waals surface area (Å²) in [5.74, 6) is -0.532. The van der Waals surface area contributed by atoms with E-state index in [9.17, 15) is 4.79 Å². The molecule has 1 aromatic carbocycles. The lowest BCUT2D eigenvalue weighted by Gasteiger charge is -2.06. The zero-order valence-electron chi connectivity index (χ0n) is 7.93. The van der Waals surface area contributed by atoms with E-state index in [4.69, 9.17) is 5.11 Å². The Morgan fingerprint density at radius 3 is 2.50 bits per heavy atom. The lowest BCUT2D eigenvalue weighted by atomic mass is 10.1. The van der Waals surface area contributed by atoms with E-state index < -0.39 is 12.3 Å². The fourth-order valence-electron chi connectivity index (χ4n) is 0.978. The molecule has 0 spiro atoms. The molecule has 1 atom stereocenters. The molecule has 0 fully saturated rings. The minimum atomic E-state index is -1.08. The van der Waals surface area contributed by atoms with Crippen molar-refractivity contribution in [3.05, 3.63) is 42.0 Å². The third-order valence-corrected chi connectivity index (χ3v) is 1.66. The molecule has 74 valence electrons. The van der Waals surface area contributed by atoms with Crippen molar-refractivity contribution in [2.24, 2.45) is 0 Å². The van der Waals surface area contributed by atoms with Gasteiger partial charge in [0.2, 0.25) is 0 Å². The number of aliphatic hydroxyl groups excluding tert-OH is 1.